The molecule has 0 bridgehead atoms. The lowest BCUT2D eigenvalue weighted by Gasteiger charge is -2.18. The normalized spacial score (nSPS) is 12.6. The van der Waals surface area contributed by atoms with Gasteiger partial charge in [-0.3, -0.25) is 9.59 Å². The number of allylic oxidation sites excluding steroid dienone is 8. The van der Waals surface area contributed by atoms with Crippen molar-refractivity contribution in [1.82, 2.24) is 0 Å². The lowest BCUT2D eigenvalue weighted by molar-refractivity contribution is -0.163. The summed E-state index contributed by atoms with van der Waals surface area (Å²) in [4.78, 5) is 24.8. The van der Waals surface area contributed by atoms with Crippen molar-refractivity contribution in [1.29, 1.82) is 0 Å². The molecular weight excluding hydrogens is 596 g/mol. The van der Waals surface area contributed by atoms with E-state index in [1.807, 2.05) is 0 Å². The van der Waals surface area contributed by atoms with Gasteiger partial charge in [-0.2, -0.15) is 0 Å². The Kier molecular flexibility index (Phi) is 37.5. The van der Waals surface area contributed by atoms with Crippen molar-refractivity contribution < 1.29 is 23.8 Å². The van der Waals surface area contributed by atoms with Gasteiger partial charge in [0.2, 0.25) is 0 Å². The van der Waals surface area contributed by atoms with Gasteiger partial charge < -0.3 is 14.2 Å². The van der Waals surface area contributed by atoms with Crippen molar-refractivity contribution in [2.24, 2.45) is 0 Å². The van der Waals surface area contributed by atoms with Gasteiger partial charge >= 0.3 is 11.9 Å². The first-order chi connectivity index (χ1) is 23.6. The van der Waals surface area contributed by atoms with Gasteiger partial charge in [-0.05, 0) is 57.8 Å². The first-order valence-electron chi connectivity index (χ1n) is 20.2. The summed E-state index contributed by atoms with van der Waals surface area (Å²) in [5, 5.41) is 0. The van der Waals surface area contributed by atoms with Crippen LogP contribution in [0.25, 0.3) is 0 Å². The Labute approximate surface area is 297 Å². The molecule has 0 aromatic rings. The Hall–Kier alpha value is -2.14. The van der Waals surface area contributed by atoms with Gasteiger partial charge in [0.05, 0.1) is 6.61 Å². The molecule has 1 atom stereocenters. The van der Waals surface area contributed by atoms with Gasteiger partial charge in [-0.1, -0.05) is 166 Å². The molecule has 0 amide bonds. The first-order valence-corrected chi connectivity index (χ1v) is 20.2. The molecular formula is C43H76O5. The number of ether oxygens (including phenoxy) is 3. The van der Waals surface area contributed by atoms with E-state index >= 15 is 0 Å². The van der Waals surface area contributed by atoms with E-state index in [2.05, 4.69) is 69.4 Å². The smallest absolute Gasteiger partial charge is 0.306 e. The Morgan fingerprint density at radius 2 is 0.938 bits per heavy atom. The van der Waals surface area contributed by atoms with Crippen LogP contribution in [-0.2, 0) is 23.8 Å². The molecule has 0 heterocycles. The second-order valence-electron chi connectivity index (χ2n) is 13.2. The highest BCUT2D eigenvalue weighted by Crippen LogP contribution is 2.12. The molecule has 0 spiro atoms. The molecule has 0 fully saturated rings. The molecule has 0 aliphatic heterocycles. The van der Waals surface area contributed by atoms with Crippen molar-refractivity contribution in [3.63, 3.8) is 0 Å². The third kappa shape index (κ3) is 36.7. The minimum absolute atomic E-state index is 0.0785. The van der Waals surface area contributed by atoms with E-state index in [-0.39, 0.29) is 25.2 Å². The fraction of sp³-hybridized carbons (Fsp3) is 0.767. The van der Waals surface area contributed by atoms with Crippen LogP contribution in [-0.4, -0.2) is 37.9 Å². The van der Waals surface area contributed by atoms with E-state index in [1.165, 1.54) is 77.0 Å². The third-order valence-electron chi connectivity index (χ3n) is 8.38. The zero-order chi connectivity index (χ0) is 35.0. The van der Waals surface area contributed by atoms with Crippen molar-refractivity contribution in [2.75, 3.05) is 19.8 Å². The number of hydrogen-bond donors (Lipinski definition) is 0. The van der Waals surface area contributed by atoms with E-state index in [0.717, 1.165) is 77.0 Å². The van der Waals surface area contributed by atoms with Crippen LogP contribution in [0.2, 0.25) is 0 Å². The average molecular weight is 673 g/mol. The maximum absolute atomic E-state index is 12.5. The van der Waals surface area contributed by atoms with Crippen LogP contribution in [0, 0.1) is 0 Å². The number of hydrogen-bond acceptors (Lipinski definition) is 5. The van der Waals surface area contributed by atoms with Crippen LogP contribution >= 0.6 is 0 Å². The second-order valence-corrected chi connectivity index (χ2v) is 13.2. The van der Waals surface area contributed by atoms with Gasteiger partial charge in [0.15, 0.2) is 6.10 Å². The number of esters is 2. The zero-order valence-electron chi connectivity index (χ0n) is 31.7. The molecule has 0 aliphatic rings. The molecule has 0 N–H and O–H groups in total. The summed E-state index contributed by atoms with van der Waals surface area (Å²) >= 11 is 0. The van der Waals surface area contributed by atoms with Crippen LogP contribution in [0.1, 0.15) is 188 Å². The Balaban J connectivity index is 4.10. The Bertz CT molecular complexity index is 812. The number of carbonyl (C=O) groups is 2. The van der Waals surface area contributed by atoms with E-state index in [4.69, 9.17) is 14.2 Å². The van der Waals surface area contributed by atoms with Crippen LogP contribution in [0.3, 0.4) is 0 Å². The van der Waals surface area contributed by atoms with Crippen LogP contribution in [0.5, 0.6) is 0 Å². The van der Waals surface area contributed by atoms with Crippen molar-refractivity contribution in [2.45, 2.75) is 194 Å². The molecule has 5 nitrogen and oxygen atoms in total. The molecule has 0 saturated heterocycles. The topological polar surface area (TPSA) is 61.8 Å². The minimum atomic E-state index is -0.536. The molecule has 5 heteroatoms. The molecule has 0 aromatic carbocycles. The summed E-state index contributed by atoms with van der Waals surface area (Å²) in [5.74, 6) is -0.424. The van der Waals surface area contributed by atoms with Gasteiger partial charge in [0.1, 0.15) is 6.61 Å². The highest BCUT2D eigenvalue weighted by molar-refractivity contribution is 5.70. The van der Waals surface area contributed by atoms with E-state index < -0.39 is 6.10 Å². The lowest BCUT2D eigenvalue weighted by Crippen LogP contribution is -2.30. The first kappa shape index (κ1) is 45.9. The van der Waals surface area contributed by atoms with Gasteiger partial charge in [-0.25, -0.2) is 0 Å². The van der Waals surface area contributed by atoms with Crippen LogP contribution in [0.4, 0.5) is 0 Å². The quantitative estimate of drug-likeness (QED) is 0.0376. The van der Waals surface area contributed by atoms with Crippen LogP contribution in [0.15, 0.2) is 48.6 Å². The molecule has 48 heavy (non-hydrogen) atoms. The van der Waals surface area contributed by atoms with Crippen molar-refractivity contribution in [3.05, 3.63) is 48.6 Å². The summed E-state index contributed by atoms with van der Waals surface area (Å²) in [6.45, 7) is 7.58. The van der Waals surface area contributed by atoms with E-state index in [1.54, 1.807) is 0 Å². The van der Waals surface area contributed by atoms with Crippen molar-refractivity contribution in [3.8, 4) is 0 Å². The summed E-state index contributed by atoms with van der Waals surface area (Å²) in [6.07, 6.45) is 45.6. The highest BCUT2D eigenvalue weighted by atomic mass is 16.6. The molecule has 278 valence electrons. The Morgan fingerprint density at radius 3 is 1.50 bits per heavy atom. The fourth-order valence-electron chi connectivity index (χ4n) is 5.38. The lowest BCUT2D eigenvalue weighted by atomic mass is 10.1. The maximum Gasteiger partial charge on any atom is 0.306 e. The average Bonchev–Trinajstić information content (AvgIpc) is 3.08. The van der Waals surface area contributed by atoms with Gasteiger partial charge in [-0.15, -0.1) is 0 Å². The largest absolute Gasteiger partial charge is 0.462 e. The minimum Gasteiger partial charge on any atom is -0.462 e. The third-order valence-corrected chi connectivity index (χ3v) is 8.38. The molecule has 0 aliphatic carbocycles. The van der Waals surface area contributed by atoms with E-state index in [0.29, 0.717) is 19.4 Å². The summed E-state index contributed by atoms with van der Waals surface area (Å²) < 4.78 is 17.1. The molecule has 0 radical (unpaired) electrons. The second kappa shape index (κ2) is 39.3. The standard InChI is InChI=1S/C43H76O5/c1-4-7-10-13-15-17-18-19-20-21-22-23-24-25-27-29-32-35-38-46-39-41(48-43(45)37-34-30-12-9-6-3)40-47-42(44)36-33-31-28-26-16-14-11-8-5-2/h7,10,15,17,19-20,22-23,41H,4-6,8-9,11-14,16,18,21,24-40H2,1-3H3/b10-7-,17-15-,20-19-,23-22-. The number of rotatable bonds is 36. The monoisotopic (exact) mass is 673 g/mol. The van der Waals surface area contributed by atoms with Crippen LogP contribution < -0.4 is 0 Å². The van der Waals surface area contributed by atoms with Crippen molar-refractivity contribution >= 4 is 11.9 Å². The summed E-state index contributed by atoms with van der Waals surface area (Å²) in [6, 6.07) is 0. The number of unbranched alkanes of at least 4 members (excludes halogenated alkanes) is 17. The predicted molar refractivity (Wildman–Crippen MR) is 205 cm³/mol. The molecule has 0 rings (SSSR count). The zero-order valence-corrected chi connectivity index (χ0v) is 31.7. The predicted octanol–water partition coefficient (Wildman–Crippen LogP) is 12.9. The Morgan fingerprint density at radius 1 is 0.479 bits per heavy atom. The van der Waals surface area contributed by atoms with Gasteiger partial charge in [0, 0.05) is 19.4 Å². The van der Waals surface area contributed by atoms with E-state index in [9.17, 15) is 9.59 Å². The molecule has 0 saturated carbocycles. The molecule has 0 aromatic heterocycles. The maximum atomic E-state index is 12.5. The molecule has 1 unspecified atom stereocenters. The summed E-state index contributed by atoms with van der Waals surface area (Å²) in [5.41, 5.74) is 0. The fourth-order valence-corrected chi connectivity index (χ4v) is 5.38. The summed E-state index contributed by atoms with van der Waals surface area (Å²) in [7, 11) is 0. The number of carbonyl (C=O) groups excluding carboxylic acids is 2. The SMILES string of the molecule is CC/C=C\C/C=C\C/C=C\C/C=C\CCCCCCCOCC(COC(=O)CCCCCCCCCCC)OC(=O)CCCCCCC. The highest BCUT2D eigenvalue weighted by Gasteiger charge is 2.17. The van der Waals surface area contributed by atoms with Gasteiger partial charge in [0.25, 0.3) is 0 Å².